The minimum atomic E-state index is -3.48. The number of hydrogen-bond donors (Lipinski definition) is 1. The predicted molar refractivity (Wildman–Crippen MR) is 108 cm³/mol. The number of nitrogens with one attached hydrogen (secondary N) is 1. The van der Waals surface area contributed by atoms with Gasteiger partial charge in [0.25, 0.3) is 0 Å². The lowest BCUT2D eigenvalue weighted by molar-refractivity contribution is -0.123. The zero-order valence-electron chi connectivity index (χ0n) is 16.9. The Kier molecular flexibility index (Phi) is 7.82. The second kappa shape index (κ2) is 9.66. The van der Waals surface area contributed by atoms with E-state index in [1.165, 1.54) is 4.31 Å². The molecular weight excluding hydrogens is 362 g/mol. The first kappa shape index (κ1) is 21.9. The van der Waals surface area contributed by atoms with E-state index in [4.69, 9.17) is 0 Å². The highest BCUT2D eigenvalue weighted by Crippen LogP contribution is 2.23. The standard InChI is InChI=1S/C20H33N3O3S/c1-5-16(3)18-7-9-19(10-8-18)27(25,26)23-13-11-22(12-14-23)15-20(24)21-17(4)6-2/h7-10,16-17H,5-6,11-15H2,1-4H3,(H,21,24)/t16-,17+/m0/s1. The Morgan fingerprint density at radius 1 is 1.04 bits per heavy atom. The Morgan fingerprint density at radius 2 is 1.63 bits per heavy atom. The van der Waals surface area contributed by atoms with Crippen molar-refractivity contribution < 1.29 is 13.2 Å². The third-order valence-electron chi connectivity index (χ3n) is 5.42. The number of nitrogens with zero attached hydrogens (tertiary/aromatic N) is 2. The van der Waals surface area contributed by atoms with E-state index >= 15 is 0 Å². The molecule has 152 valence electrons. The van der Waals surface area contributed by atoms with Crippen LogP contribution in [0.4, 0.5) is 0 Å². The van der Waals surface area contributed by atoms with Crippen molar-refractivity contribution in [2.75, 3.05) is 32.7 Å². The molecule has 7 heteroatoms. The summed E-state index contributed by atoms with van der Waals surface area (Å²) in [5, 5.41) is 2.95. The first-order chi connectivity index (χ1) is 12.8. The molecule has 1 aromatic rings. The molecule has 1 saturated heterocycles. The largest absolute Gasteiger partial charge is 0.353 e. The van der Waals surface area contributed by atoms with Crippen LogP contribution in [0.5, 0.6) is 0 Å². The van der Waals surface area contributed by atoms with E-state index in [-0.39, 0.29) is 11.9 Å². The van der Waals surface area contributed by atoms with E-state index < -0.39 is 10.0 Å². The minimum Gasteiger partial charge on any atom is -0.353 e. The highest BCUT2D eigenvalue weighted by atomic mass is 32.2. The summed E-state index contributed by atoms with van der Waals surface area (Å²) in [5.74, 6) is 0.424. The number of carbonyl (C=O) groups is 1. The highest BCUT2D eigenvalue weighted by molar-refractivity contribution is 7.89. The smallest absolute Gasteiger partial charge is 0.243 e. The van der Waals surface area contributed by atoms with Crippen LogP contribution in [0.3, 0.4) is 0 Å². The van der Waals surface area contributed by atoms with Crippen LogP contribution in [0, 0.1) is 0 Å². The third-order valence-corrected chi connectivity index (χ3v) is 7.33. The molecule has 0 aromatic heterocycles. The molecule has 2 atom stereocenters. The van der Waals surface area contributed by atoms with Gasteiger partial charge in [-0.15, -0.1) is 0 Å². The van der Waals surface area contributed by atoms with Crippen LogP contribution < -0.4 is 5.32 Å². The second-order valence-corrected chi connectivity index (χ2v) is 9.37. The van der Waals surface area contributed by atoms with Gasteiger partial charge in [-0.1, -0.05) is 32.9 Å². The fourth-order valence-corrected chi connectivity index (χ4v) is 4.53. The summed E-state index contributed by atoms with van der Waals surface area (Å²) < 4.78 is 27.3. The number of benzene rings is 1. The van der Waals surface area contributed by atoms with Crippen LogP contribution in [-0.2, 0) is 14.8 Å². The van der Waals surface area contributed by atoms with E-state index in [0.29, 0.717) is 43.5 Å². The van der Waals surface area contributed by atoms with Crippen molar-refractivity contribution in [3.05, 3.63) is 29.8 Å². The summed E-state index contributed by atoms with van der Waals surface area (Å²) in [4.78, 5) is 14.4. The van der Waals surface area contributed by atoms with E-state index in [0.717, 1.165) is 18.4 Å². The van der Waals surface area contributed by atoms with E-state index in [9.17, 15) is 13.2 Å². The molecule has 1 heterocycles. The molecule has 1 N–H and O–H groups in total. The van der Waals surface area contributed by atoms with Gasteiger partial charge in [-0.05, 0) is 43.4 Å². The second-order valence-electron chi connectivity index (χ2n) is 7.44. The lowest BCUT2D eigenvalue weighted by Crippen LogP contribution is -2.51. The molecule has 0 unspecified atom stereocenters. The normalized spacial score (nSPS) is 18.8. The molecule has 2 rings (SSSR count). The maximum absolute atomic E-state index is 12.9. The predicted octanol–water partition coefficient (Wildman–Crippen LogP) is 2.42. The van der Waals surface area contributed by atoms with Crippen molar-refractivity contribution in [2.24, 2.45) is 0 Å². The van der Waals surface area contributed by atoms with Gasteiger partial charge in [0.2, 0.25) is 15.9 Å². The monoisotopic (exact) mass is 395 g/mol. The summed E-state index contributed by atoms with van der Waals surface area (Å²) in [6, 6.07) is 7.41. The van der Waals surface area contributed by atoms with Gasteiger partial charge in [-0.25, -0.2) is 8.42 Å². The Labute approximate surface area is 164 Å². The fraction of sp³-hybridized carbons (Fsp3) is 0.650. The summed E-state index contributed by atoms with van der Waals surface area (Å²) in [6.45, 7) is 10.5. The van der Waals surface area contributed by atoms with E-state index in [2.05, 4.69) is 19.2 Å². The van der Waals surface area contributed by atoms with Crippen LogP contribution in [-0.4, -0.2) is 62.3 Å². The third kappa shape index (κ3) is 5.77. The molecule has 0 saturated carbocycles. The molecule has 1 aliphatic heterocycles. The van der Waals surface area contributed by atoms with E-state index in [1.807, 2.05) is 30.9 Å². The number of amides is 1. The maximum Gasteiger partial charge on any atom is 0.243 e. The average Bonchev–Trinajstić information content (AvgIpc) is 2.67. The van der Waals surface area contributed by atoms with Gasteiger partial charge in [0.15, 0.2) is 0 Å². The number of rotatable bonds is 8. The van der Waals surface area contributed by atoms with Crippen LogP contribution in [0.2, 0.25) is 0 Å². The van der Waals surface area contributed by atoms with Crippen LogP contribution in [0.1, 0.15) is 52.0 Å². The van der Waals surface area contributed by atoms with Crippen LogP contribution in [0.25, 0.3) is 0 Å². The van der Waals surface area contributed by atoms with Gasteiger partial charge in [0, 0.05) is 32.2 Å². The Morgan fingerprint density at radius 3 is 2.15 bits per heavy atom. The number of hydrogen-bond acceptors (Lipinski definition) is 4. The molecular formula is C20H33N3O3S. The topological polar surface area (TPSA) is 69.7 Å². The van der Waals surface area contributed by atoms with Gasteiger partial charge in [-0.2, -0.15) is 4.31 Å². The molecule has 1 amide bonds. The number of piperazine rings is 1. The lowest BCUT2D eigenvalue weighted by atomic mass is 9.99. The summed E-state index contributed by atoms with van der Waals surface area (Å²) in [6.07, 6.45) is 1.92. The van der Waals surface area contributed by atoms with Gasteiger partial charge in [-0.3, -0.25) is 9.69 Å². The zero-order valence-corrected chi connectivity index (χ0v) is 17.8. The van der Waals surface area contributed by atoms with Crippen molar-refractivity contribution in [3.63, 3.8) is 0 Å². The molecule has 0 radical (unpaired) electrons. The molecule has 0 aliphatic carbocycles. The first-order valence-electron chi connectivity index (χ1n) is 9.89. The molecule has 1 fully saturated rings. The maximum atomic E-state index is 12.9. The quantitative estimate of drug-likeness (QED) is 0.734. The Bertz CT molecular complexity index is 710. The number of sulfonamides is 1. The highest BCUT2D eigenvalue weighted by Gasteiger charge is 2.29. The molecule has 1 aliphatic rings. The van der Waals surface area contributed by atoms with Gasteiger partial charge in [0.1, 0.15) is 0 Å². The molecule has 1 aromatic carbocycles. The SMILES string of the molecule is CC[C@@H](C)NC(=O)CN1CCN(S(=O)(=O)c2ccc([C@@H](C)CC)cc2)CC1. The van der Waals surface area contributed by atoms with Crippen molar-refractivity contribution in [3.8, 4) is 0 Å². The summed E-state index contributed by atoms with van der Waals surface area (Å²) >= 11 is 0. The Hall–Kier alpha value is -1.44. The Balaban J connectivity index is 1.93. The fourth-order valence-electron chi connectivity index (χ4n) is 3.11. The van der Waals surface area contributed by atoms with E-state index in [1.54, 1.807) is 12.1 Å². The number of carbonyl (C=O) groups excluding carboxylic acids is 1. The molecule has 0 bridgehead atoms. The van der Waals surface area contributed by atoms with Crippen molar-refractivity contribution in [1.29, 1.82) is 0 Å². The molecule has 0 spiro atoms. The lowest BCUT2D eigenvalue weighted by Gasteiger charge is -2.33. The molecule has 6 nitrogen and oxygen atoms in total. The minimum absolute atomic E-state index is 0.00119. The van der Waals surface area contributed by atoms with Crippen molar-refractivity contribution in [2.45, 2.75) is 57.4 Å². The van der Waals surface area contributed by atoms with Gasteiger partial charge >= 0.3 is 0 Å². The van der Waals surface area contributed by atoms with Crippen LogP contribution >= 0.6 is 0 Å². The summed E-state index contributed by atoms with van der Waals surface area (Å²) in [5.41, 5.74) is 1.16. The molecule has 27 heavy (non-hydrogen) atoms. The van der Waals surface area contributed by atoms with Gasteiger partial charge < -0.3 is 5.32 Å². The van der Waals surface area contributed by atoms with Gasteiger partial charge in [0.05, 0.1) is 11.4 Å². The van der Waals surface area contributed by atoms with Crippen LogP contribution in [0.15, 0.2) is 29.2 Å². The van der Waals surface area contributed by atoms with Crippen molar-refractivity contribution in [1.82, 2.24) is 14.5 Å². The van der Waals surface area contributed by atoms with Crippen molar-refractivity contribution >= 4 is 15.9 Å². The zero-order chi connectivity index (χ0) is 20.0. The average molecular weight is 396 g/mol. The summed E-state index contributed by atoms with van der Waals surface area (Å²) in [7, 11) is -3.48. The first-order valence-corrected chi connectivity index (χ1v) is 11.3.